The molecule has 0 aromatic heterocycles. The molecular formula is C18H13ClN2O3. The third-order valence-corrected chi connectivity index (χ3v) is 4.23. The normalized spacial score (nSPS) is 11.3. The molecular weight excluding hydrogens is 328 g/mol. The van der Waals surface area contributed by atoms with E-state index in [0.717, 1.165) is 5.39 Å². The summed E-state index contributed by atoms with van der Waals surface area (Å²) >= 11 is 5.92. The van der Waals surface area contributed by atoms with Gasteiger partial charge in [0, 0.05) is 10.4 Å². The number of methoxy groups -OCH3 is 1. The summed E-state index contributed by atoms with van der Waals surface area (Å²) in [5.41, 5.74) is 2.05. The van der Waals surface area contributed by atoms with Crippen LogP contribution < -0.4 is 10.3 Å². The summed E-state index contributed by atoms with van der Waals surface area (Å²) in [4.78, 5) is 12.8. The Balaban J connectivity index is 2.09. The molecule has 0 radical (unpaired) electrons. The third-order valence-electron chi connectivity index (χ3n) is 3.98. The summed E-state index contributed by atoms with van der Waals surface area (Å²) < 4.78 is 12.6. The van der Waals surface area contributed by atoms with Crippen LogP contribution in [0.15, 0.2) is 51.7 Å². The fourth-order valence-electron chi connectivity index (χ4n) is 2.84. The maximum absolute atomic E-state index is 12.8. The molecule has 120 valence electrons. The van der Waals surface area contributed by atoms with Crippen molar-refractivity contribution in [3.8, 4) is 22.7 Å². The fraction of sp³-hybridized carbons (Fsp3) is 0.111. The van der Waals surface area contributed by atoms with Crippen LogP contribution in [0.3, 0.4) is 0 Å². The minimum Gasteiger partial charge on any atom is -0.493 e. The number of hydrogen-bond acceptors (Lipinski definition) is 4. The second-order valence-corrected chi connectivity index (χ2v) is 5.85. The van der Waals surface area contributed by atoms with Crippen molar-refractivity contribution in [3.05, 3.63) is 63.6 Å². The predicted octanol–water partition coefficient (Wildman–Crippen LogP) is 4.05. The average Bonchev–Trinajstić information content (AvgIpc) is 2.94. The van der Waals surface area contributed by atoms with Gasteiger partial charge in [-0.1, -0.05) is 17.7 Å². The highest BCUT2D eigenvalue weighted by atomic mass is 35.5. The summed E-state index contributed by atoms with van der Waals surface area (Å²) in [7, 11) is 1.58. The number of fused-ring (bicyclic) bond motifs is 3. The zero-order valence-electron chi connectivity index (χ0n) is 13.0. The third kappa shape index (κ3) is 2.09. The number of rotatable bonds is 2. The second kappa shape index (κ2) is 5.39. The lowest BCUT2D eigenvalue weighted by Crippen LogP contribution is -2.14. The van der Waals surface area contributed by atoms with Gasteiger partial charge in [0.05, 0.1) is 12.8 Å². The molecule has 2 aliphatic heterocycles. The molecule has 0 bridgehead atoms. The van der Waals surface area contributed by atoms with E-state index in [2.05, 4.69) is 5.10 Å². The molecule has 2 aromatic carbocycles. The van der Waals surface area contributed by atoms with Crippen molar-refractivity contribution < 1.29 is 9.15 Å². The number of aryl methyl sites for hydroxylation is 1. The van der Waals surface area contributed by atoms with Crippen LogP contribution in [0.1, 0.15) is 5.76 Å². The van der Waals surface area contributed by atoms with E-state index in [1.54, 1.807) is 38.3 Å². The van der Waals surface area contributed by atoms with Gasteiger partial charge in [0.15, 0.2) is 11.3 Å². The molecule has 0 amide bonds. The molecule has 0 N–H and O–H groups in total. The maximum atomic E-state index is 12.8. The molecule has 2 aliphatic rings. The van der Waals surface area contributed by atoms with E-state index in [1.165, 1.54) is 4.68 Å². The molecule has 24 heavy (non-hydrogen) atoms. The van der Waals surface area contributed by atoms with E-state index in [1.807, 2.05) is 18.2 Å². The van der Waals surface area contributed by atoms with Crippen LogP contribution in [0.5, 0.6) is 5.75 Å². The minimum absolute atomic E-state index is 0.224. The molecule has 5 nitrogen and oxygen atoms in total. The first-order valence-electron chi connectivity index (χ1n) is 7.35. The number of ether oxygens (including phenoxy) is 1. The summed E-state index contributed by atoms with van der Waals surface area (Å²) in [5.74, 6) is 1.11. The van der Waals surface area contributed by atoms with Crippen LogP contribution in [0, 0.1) is 6.92 Å². The number of benzene rings is 2. The Morgan fingerprint density at radius 1 is 1.17 bits per heavy atom. The maximum Gasteiger partial charge on any atom is 0.284 e. The molecule has 0 saturated carbocycles. The van der Waals surface area contributed by atoms with Crippen molar-refractivity contribution >= 4 is 22.6 Å². The molecule has 0 aliphatic carbocycles. The van der Waals surface area contributed by atoms with E-state index in [4.69, 9.17) is 20.8 Å². The molecule has 0 unspecified atom stereocenters. The number of nitrogens with zero attached hydrogens (tertiary/aromatic N) is 2. The Labute approximate surface area is 142 Å². The van der Waals surface area contributed by atoms with E-state index < -0.39 is 0 Å². The lowest BCUT2D eigenvalue weighted by Gasteiger charge is -2.08. The van der Waals surface area contributed by atoms with Gasteiger partial charge in [0.1, 0.15) is 17.0 Å². The number of para-hydroxylation sites is 1. The van der Waals surface area contributed by atoms with Crippen molar-refractivity contribution in [2.45, 2.75) is 6.92 Å². The van der Waals surface area contributed by atoms with Gasteiger partial charge in [-0.3, -0.25) is 4.79 Å². The quantitative estimate of drug-likeness (QED) is 0.552. The van der Waals surface area contributed by atoms with Crippen molar-refractivity contribution in [2.24, 2.45) is 0 Å². The first kappa shape index (κ1) is 14.8. The van der Waals surface area contributed by atoms with Crippen LogP contribution in [0.25, 0.3) is 27.9 Å². The number of hydrogen-bond donors (Lipinski definition) is 0. The van der Waals surface area contributed by atoms with Gasteiger partial charge in [-0.15, -0.1) is 0 Å². The van der Waals surface area contributed by atoms with Crippen molar-refractivity contribution in [1.29, 1.82) is 0 Å². The van der Waals surface area contributed by atoms with Gasteiger partial charge in [0.2, 0.25) is 0 Å². The van der Waals surface area contributed by atoms with Gasteiger partial charge >= 0.3 is 0 Å². The number of aromatic nitrogens is 2. The highest BCUT2D eigenvalue weighted by Gasteiger charge is 2.24. The molecule has 0 saturated heterocycles. The molecule has 4 rings (SSSR count). The standard InChI is InChI=1S/C18H13ClN2O3/c1-10-15-16(13-4-3-5-14(23-2)17(13)24-10)20-21(18(15)22)12-8-6-11(19)7-9-12/h3-9H,1-2H3. The van der Waals surface area contributed by atoms with E-state index in [0.29, 0.717) is 39.1 Å². The highest BCUT2D eigenvalue weighted by Crippen LogP contribution is 2.35. The van der Waals surface area contributed by atoms with E-state index >= 15 is 0 Å². The SMILES string of the molecule is COc1cccc2c3nn(-c4ccc(Cl)cc4)c(=O)c-3c(C)oc12. The topological polar surface area (TPSA) is 57.3 Å². The molecule has 6 heteroatoms. The smallest absolute Gasteiger partial charge is 0.284 e. The lowest BCUT2D eigenvalue weighted by atomic mass is 10.1. The van der Waals surface area contributed by atoms with E-state index in [-0.39, 0.29) is 5.56 Å². The van der Waals surface area contributed by atoms with E-state index in [9.17, 15) is 4.79 Å². The molecule has 0 atom stereocenters. The van der Waals surface area contributed by atoms with Crippen molar-refractivity contribution in [2.75, 3.05) is 7.11 Å². The summed E-state index contributed by atoms with van der Waals surface area (Å²) in [6, 6.07) is 12.5. The van der Waals surface area contributed by atoms with Crippen LogP contribution in [0.2, 0.25) is 5.02 Å². The first-order chi connectivity index (χ1) is 11.6. The lowest BCUT2D eigenvalue weighted by molar-refractivity contribution is 0.407. The minimum atomic E-state index is -0.224. The van der Waals surface area contributed by atoms with Crippen LogP contribution >= 0.6 is 11.6 Å². The fourth-order valence-corrected chi connectivity index (χ4v) is 2.96. The Morgan fingerprint density at radius 3 is 2.62 bits per heavy atom. The predicted molar refractivity (Wildman–Crippen MR) is 92.5 cm³/mol. The summed E-state index contributed by atoms with van der Waals surface area (Å²) in [5, 5.41) is 5.86. The molecule has 2 aromatic rings. The Kier molecular flexibility index (Phi) is 3.32. The summed E-state index contributed by atoms with van der Waals surface area (Å²) in [6.07, 6.45) is 0. The average molecular weight is 341 g/mol. The second-order valence-electron chi connectivity index (χ2n) is 5.41. The Bertz CT molecular complexity index is 1080. The monoisotopic (exact) mass is 340 g/mol. The van der Waals surface area contributed by atoms with Gasteiger partial charge in [0.25, 0.3) is 5.56 Å². The van der Waals surface area contributed by atoms with Gasteiger partial charge in [-0.25, -0.2) is 0 Å². The Hall–Kier alpha value is -2.79. The molecule has 2 heterocycles. The van der Waals surface area contributed by atoms with Gasteiger partial charge < -0.3 is 9.15 Å². The van der Waals surface area contributed by atoms with Gasteiger partial charge in [-0.2, -0.15) is 9.78 Å². The van der Waals surface area contributed by atoms with Crippen LogP contribution in [0.4, 0.5) is 0 Å². The molecule has 0 fully saturated rings. The molecule has 0 spiro atoms. The van der Waals surface area contributed by atoms with Crippen LogP contribution in [-0.2, 0) is 0 Å². The zero-order chi connectivity index (χ0) is 16.8. The van der Waals surface area contributed by atoms with Crippen molar-refractivity contribution in [1.82, 2.24) is 9.78 Å². The first-order valence-corrected chi connectivity index (χ1v) is 7.73. The largest absolute Gasteiger partial charge is 0.493 e. The Morgan fingerprint density at radius 2 is 1.92 bits per heavy atom. The van der Waals surface area contributed by atoms with Crippen LogP contribution in [-0.4, -0.2) is 16.9 Å². The number of halogens is 1. The van der Waals surface area contributed by atoms with Crippen molar-refractivity contribution in [3.63, 3.8) is 0 Å². The van der Waals surface area contributed by atoms with Gasteiger partial charge in [-0.05, 0) is 43.3 Å². The highest BCUT2D eigenvalue weighted by molar-refractivity contribution is 6.30. The zero-order valence-corrected chi connectivity index (χ0v) is 13.8. The summed E-state index contributed by atoms with van der Waals surface area (Å²) in [6.45, 7) is 1.75.